The van der Waals surface area contributed by atoms with Crippen LogP contribution in [0.15, 0.2) is 54.6 Å². The number of benzene rings is 2. The molecule has 0 bridgehead atoms. The van der Waals surface area contributed by atoms with Gasteiger partial charge in [0.2, 0.25) is 15.9 Å². The third-order valence-corrected chi connectivity index (χ3v) is 5.52. The van der Waals surface area contributed by atoms with Gasteiger partial charge in [0.1, 0.15) is 0 Å². The van der Waals surface area contributed by atoms with E-state index in [-0.39, 0.29) is 31.0 Å². The normalized spacial score (nSPS) is 11.9. The molecule has 0 spiro atoms. The molecule has 1 N–H and O–H groups in total. The van der Waals surface area contributed by atoms with Gasteiger partial charge in [0, 0.05) is 19.5 Å². The Hall–Kier alpha value is -2.59. The van der Waals surface area contributed by atoms with Crippen LogP contribution in [-0.2, 0) is 32.3 Å². The van der Waals surface area contributed by atoms with E-state index in [1.807, 2.05) is 30.3 Å². The van der Waals surface area contributed by atoms with Crippen molar-refractivity contribution in [3.63, 3.8) is 0 Å². The van der Waals surface area contributed by atoms with Crippen LogP contribution in [0.1, 0.15) is 24.0 Å². The summed E-state index contributed by atoms with van der Waals surface area (Å²) in [6, 6.07) is 13.5. The fourth-order valence-electron chi connectivity index (χ4n) is 2.80. The van der Waals surface area contributed by atoms with Crippen molar-refractivity contribution in [2.75, 3.05) is 30.3 Å². The van der Waals surface area contributed by atoms with Crippen molar-refractivity contribution in [2.45, 2.75) is 25.6 Å². The number of nitrogens with zero attached hydrogens (tertiary/aromatic N) is 1. The molecule has 1 amide bonds. The Labute approximate surface area is 180 Å². The molecule has 0 unspecified atom stereocenters. The highest BCUT2D eigenvalue weighted by Crippen LogP contribution is 2.31. The van der Waals surface area contributed by atoms with Crippen LogP contribution >= 0.6 is 0 Å². The Morgan fingerprint density at radius 2 is 1.71 bits per heavy atom. The minimum atomic E-state index is -4.50. The third-order valence-electron chi connectivity index (χ3n) is 4.33. The average Bonchev–Trinajstić information content (AvgIpc) is 2.70. The highest BCUT2D eigenvalue weighted by molar-refractivity contribution is 7.92. The van der Waals surface area contributed by atoms with Crippen molar-refractivity contribution in [1.82, 2.24) is 5.32 Å². The zero-order valence-corrected chi connectivity index (χ0v) is 17.9. The Bertz CT molecular complexity index is 933. The molecule has 0 radical (unpaired) electrons. The van der Waals surface area contributed by atoms with Gasteiger partial charge in [-0.05, 0) is 36.2 Å². The van der Waals surface area contributed by atoms with Gasteiger partial charge in [0.05, 0.1) is 30.7 Å². The number of carbonyl (C=O) groups is 1. The Morgan fingerprint density at radius 3 is 2.29 bits per heavy atom. The van der Waals surface area contributed by atoms with Gasteiger partial charge in [0.15, 0.2) is 0 Å². The highest BCUT2D eigenvalue weighted by atomic mass is 32.2. The van der Waals surface area contributed by atoms with E-state index in [4.69, 9.17) is 4.74 Å². The summed E-state index contributed by atoms with van der Waals surface area (Å²) in [6.45, 7) is 1.07. The molecule has 6 nitrogen and oxygen atoms in total. The van der Waals surface area contributed by atoms with E-state index in [1.165, 1.54) is 0 Å². The second-order valence-corrected chi connectivity index (χ2v) is 8.78. The van der Waals surface area contributed by atoms with Crippen LogP contribution in [0, 0.1) is 0 Å². The number of anilines is 1. The fraction of sp³-hybridized carbons (Fsp3) is 0.381. The lowest BCUT2D eigenvalue weighted by Crippen LogP contribution is -2.32. The van der Waals surface area contributed by atoms with Crippen molar-refractivity contribution in [3.8, 4) is 0 Å². The minimum absolute atomic E-state index is 0.0257. The molecule has 0 aromatic heterocycles. The first-order valence-electron chi connectivity index (χ1n) is 9.61. The van der Waals surface area contributed by atoms with Gasteiger partial charge in [-0.2, -0.15) is 13.2 Å². The maximum absolute atomic E-state index is 12.7. The Kier molecular flexibility index (Phi) is 8.88. The predicted molar refractivity (Wildman–Crippen MR) is 112 cm³/mol. The molecule has 2 aromatic carbocycles. The molecule has 0 fully saturated rings. The lowest BCUT2D eigenvalue weighted by Gasteiger charge is -2.22. The Morgan fingerprint density at radius 1 is 1.06 bits per heavy atom. The molecule has 0 saturated heterocycles. The lowest BCUT2D eigenvalue weighted by molar-refractivity contribution is -0.137. The highest BCUT2D eigenvalue weighted by Gasteiger charge is 2.30. The molecule has 2 aromatic rings. The summed E-state index contributed by atoms with van der Waals surface area (Å²) < 4.78 is 68.6. The molecule has 0 aliphatic carbocycles. The first-order chi connectivity index (χ1) is 14.6. The summed E-state index contributed by atoms with van der Waals surface area (Å²) in [6.07, 6.45) is -3.25. The van der Waals surface area contributed by atoms with E-state index >= 15 is 0 Å². The van der Waals surface area contributed by atoms with Crippen LogP contribution < -0.4 is 9.62 Å². The number of halogens is 3. The predicted octanol–water partition coefficient (Wildman–Crippen LogP) is 3.58. The lowest BCUT2D eigenvalue weighted by atomic mass is 10.2. The monoisotopic (exact) mass is 458 g/mol. The third kappa shape index (κ3) is 8.58. The molecule has 10 heteroatoms. The zero-order valence-electron chi connectivity index (χ0n) is 17.1. The maximum atomic E-state index is 12.7. The number of hydrogen-bond acceptors (Lipinski definition) is 4. The van der Waals surface area contributed by atoms with Crippen molar-refractivity contribution in [3.05, 3.63) is 65.7 Å². The number of carbonyl (C=O) groups excluding carboxylic acids is 1. The van der Waals surface area contributed by atoms with E-state index < -0.39 is 21.8 Å². The first kappa shape index (κ1) is 24.7. The molecule has 0 atom stereocenters. The minimum Gasteiger partial charge on any atom is -0.375 e. The molecule has 0 saturated carbocycles. The molecular weight excluding hydrogens is 433 g/mol. The topological polar surface area (TPSA) is 75.7 Å². The summed E-state index contributed by atoms with van der Waals surface area (Å²) in [5.74, 6) is -0.260. The van der Waals surface area contributed by atoms with Gasteiger partial charge in [-0.3, -0.25) is 9.10 Å². The second kappa shape index (κ2) is 11.1. The van der Waals surface area contributed by atoms with Crippen LogP contribution in [0.3, 0.4) is 0 Å². The van der Waals surface area contributed by atoms with E-state index in [1.54, 1.807) is 0 Å². The van der Waals surface area contributed by atoms with Crippen LogP contribution in [0.5, 0.6) is 0 Å². The smallest absolute Gasteiger partial charge is 0.375 e. The number of alkyl halides is 3. The van der Waals surface area contributed by atoms with E-state index in [0.717, 1.165) is 40.4 Å². The summed E-state index contributed by atoms with van der Waals surface area (Å²) in [7, 11) is -3.71. The molecule has 0 aliphatic rings. The van der Waals surface area contributed by atoms with Gasteiger partial charge in [-0.15, -0.1) is 0 Å². The van der Waals surface area contributed by atoms with Crippen LogP contribution in [0.4, 0.5) is 18.9 Å². The molecule has 2 rings (SSSR count). The summed E-state index contributed by atoms with van der Waals surface area (Å²) >= 11 is 0. The summed E-state index contributed by atoms with van der Waals surface area (Å²) in [5, 5.41) is 2.69. The summed E-state index contributed by atoms with van der Waals surface area (Å²) in [4.78, 5) is 11.9. The zero-order chi connectivity index (χ0) is 22.9. The van der Waals surface area contributed by atoms with Gasteiger partial charge in [-0.25, -0.2) is 8.42 Å². The van der Waals surface area contributed by atoms with Gasteiger partial charge in [-0.1, -0.05) is 30.3 Å². The number of sulfonamides is 1. The number of hydrogen-bond donors (Lipinski definition) is 1. The van der Waals surface area contributed by atoms with E-state index in [9.17, 15) is 26.4 Å². The number of rotatable bonds is 11. The van der Waals surface area contributed by atoms with Crippen molar-refractivity contribution in [2.24, 2.45) is 0 Å². The van der Waals surface area contributed by atoms with Gasteiger partial charge < -0.3 is 10.1 Å². The van der Waals surface area contributed by atoms with E-state index in [2.05, 4.69) is 5.32 Å². The quantitative estimate of drug-likeness (QED) is 0.523. The van der Waals surface area contributed by atoms with E-state index in [0.29, 0.717) is 19.8 Å². The largest absolute Gasteiger partial charge is 0.416 e. The van der Waals surface area contributed by atoms with Crippen LogP contribution in [-0.4, -0.2) is 40.3 Å². The number of nitrogens with one attached hydrogen (secondary N) is 1. The maximum Gasteiger partial charge on any atom is 0.416 e. The van der Waals surface area contributed by atoms with Gasteiger partial charge in [0.25, 0.3) is 0 Å². The van der Waals surface area contributed by atoms with Crippen LogP contribution in [0.25, 0.3) is 0 Å². The van der Waals surface area contributed by atoms with Gasteiger partial charge >= 0.3 is 6.18 Å². The van der Waals surface area contributed by atoms with Crippen molar-refractivity contribution in [1.29, 1.82) is 0 Å². The van der Waals surface area contributed by atoms with Crippen LogP contribution in [0.2, 0.25) is 0 Å². The fourth-order valence-corrected chi connectivity index (χ4v) is 3.77. The van der Waals surface area contributed by atoms with Crippen molar-refractivity contribution >= 4 is 21.6 Å². The average molecular weight is 459 g/mol. The molecule has 0 aliphatic heterocycles. The Balaban J connectivity index is 1.76. The number of amides is 1. The molecule has 31 heavy (non-hydrogen) atoms. The molecule has 0 heterocycles. The summed E-state index contributed by atoms with van der Waals surface area (Å²) in [5.41, 5.74) is 0.279. The standard InChI is InChI=1S/C21H25F3N2O4S/c1-31(28,29)26(19-11-9-18(10-12-19)21(22,23)24)14-5-8-20(27)25-13-15-30-16-17-6-3-2-4-7-17/h2-4,6-7,9-12H,5,8,13-16H2,1H3,(H,25,27). The van der Waals surface area contributed by atoms with Crippen molar-refractivity contribution < 1.29 is 31.1 Å². The molecular formula is C21H25F3N2O4S. The SMILES string of the molecule is CS(=O)(=O)N(CCCC(=O)NCCOCc1ccccc1)c1ccc(C(F)(F)F)cc1. The number of ether oxygens (including phenoxy) is 1. The first-order valence-corrected chi connectivity index (χ1v) is 11.5. The second-order valence-electron chi connectivity index (χ2n) is 6.87. The molecule has 170 valence electrons.